The van der Waals surface area contributed by atoms with Gasteiger partial charge in [-0.1, -0.05) is 0 Å². The Bertz CT molecular complexity index is 666. The molecule has 0 aromatic carbocycles. The summed E-state index contributed by atoms with van der Waals surface area (Å²) in [5.74, 6) is 1.30. The smallest absolute Gasteiger partial charge is 0.254 e. The summed E-state index contributed by atoms with van der Waals surface area (Å²) in [5.41, 5.74) is -0.297. The van der Waals surface area contributed by atoms with Gasteiger partial charge in [0.05, 0.1) is 12.0 Å². The Hall–Kier alpha value is -0.650. The van der Waals surface area contributed by atoms with Crippen LogP contribution in [0.3, 0.4) is 0 Å². The van der Waals surface area contributed by atoms with Crippen molar-refractivity contribution in [3.63, 3.8) is 0 Å². The van der Waals surface area contributed by atoms with Crippen molar-refractivity contribution in [3.05, 3.63) is 16.4 Å². The number of hydrogen-bond donors (Lipinski definition) is 0. The Kier molecular flexibility index (Phi) is 3.94. The molecule has 2 unspecified atom stereocenters. The monoisotopic (exact) mass is 354 g/mol. The van der Waals surface area contributed by atoms with Gasteiger partial charge < -0.3 is 9.30 Å². The van der Waals surface area contributed by atoms with Gasteiger partial charge in [0, 0.05) is 30.1 Å². The lowest BCUT2D eigenvalue weighted by molar-refractivity contribution is -0.141. The zero-order valence-corrected chi connectivity index (χ0v) is 15.0. The molecule has 4 aliphatic rings. The average molecular weight is 355 g/mol. The second-order valence-corrected chi connectivity index (χ2v) is 9.36. The van der Waals surface area contributed by atoms with Crippen molar-refractivity contribution in [2.24, 2.45) is 22.2 Å². The van der Waals surface area contributed by atoms with Crippen molar-refractivity contribution in [1.82, 2.24) is 4.57 Å². The molecule has 1 heterocycles. The summed E-state index contributed by atoms with van der Waals surface area (Å²) in [6.07, 6.45) is 8.21. The zero-order valence-electron chi connectivity index (χ0n) is 13.5. The number of rotatable bonds is 4. The lowest BCUT2D eigenvalue weighted by Gasteiger charge is -2.58. The number of nitrogens with zero attached hydrogens (tertiary/aromatic N) is 2. The predicted molar refractivity (Wildman–Crippen MR) is 90.5 cm³/mol. The Balaban J connectivity index is 1.62. The summed E-state index contributed by atoms with van der Waals surface area (Å²) in [4.78, 5) is 18.2. The van der Waals surface area contributed by atoms with Gasteiger partial charge >= 0.3 is 0 Å². The molecule has 23 heavy (non-hydrogen) atoms. The van der Waals surface area contributed by atoms with Gasteiger partial charge in [-0.2, -0.15) is 4.99 Å². The number of hydrogen-bond acceptors (Lipinski definition) is 3. The van der Waals surface area contributed by atoms with E-state index in [9.17, 15) is 4.79 Å². The number of halogens is 1. The maximum Gasteiger partial charge on any atom is 0.254 e. The molecule has 4 bridgehead atoms. The molecule has 6 heteroatoms. The van der Waals surface area contributed by atoms with E-state index in [2.05, 4.69) is 4.99 Å². The molecule has 1 aromatic rings. The molecule has 126 valence electrons. The minimum absolute atomic E-state index is 0.0604. The zero-order chi connectivity index (χ0) is 16.1. The molecule has 4 nitrogen and oxygen atoms in total. The average Bonchev–Trinajstić information content (AvgIpc) is 2.89. The number of alkyl halides is 1. The Morgan fingerprint density at radius 3 is 2.83 bits per heavy atom. The van der Waals surface area contributed by atoms with E-state index in [-0.39, 0.29) is 16.2 Å². The summed E-state index contributed by atoms with van der Waals surface area (Å²) >= 11 is 8.35. The van der Waals surface area contributed by atoms with E-state index in [0.717, 1.165) is 43.5 Å². The molecule has 0 radical (unpaired) electrons. The van der Waals surface area contributed by atoms with Crippen LogP contribution in [0.1, 0.15) is 38.5 Å². The molecular formula is C17H23ClN2O2S. The van der Waals surface area contributed by atoms with Gasteiger partial charge in [0.1, 0.15) is 0 Å². The number of methoxy groups -OCH3 is 1. The van der Waals surface area contributed by atoms with Gasteiger partial charge in [-0.15, -0.1) is 22.9 Å². The number of thiazole rings is 1. The van der Waals surface area contributed by atoms with Gasteiger partial charge in [0.15, 0.2) is 4.80 Å². The van der Waals surface area contributed by atoms with E-state index in [1.807, 2.05) is 16.1 Å². The summed E-state index contributed by atoms with van der Waals surface area (Å²) in [6, 6.07) is 0. The Labute approximate surface area is 145 Å². The fourth-order valence-corrected chi connectivity index (χ4v) is 6.80. The first-order valence-electron chi connectivity index (χ1n) is 8.43. The summed E-state index contributed by atoms with van der Waals surface area (Å²) in [5, 5.41) is 1.98. The maximum atomic E-state index is 13.1. The third-order valence-corrected chi connectivity index (χ3v) is 7.07. The topological polar surface area (TPSA) is 43.6 Å². The van der Waals surface area contributed by atoms with Crippen molar-refractivity contribution < 1.29 is 9.53 Å². The van der Waals surface area contributed by atoms with E-state index >= 15 is 0 Å². The van der Waals surface area contributed by atoms with Gasteiger partial charge in [-0.3, -0.25) is 4.79 Å². The summed E-state index contributed by atoms with van der Waals surface area (Å²) in [6.45, 7) is 1.35. The highest BCUT2D eigenvalue weighted by Crippen LogP contribution is 2.64. The molecule has 4 aliphatic carbocycles. The lowest BCUT2D eigenvalue weighted by Crippen LogP contribution is -2.55. The fraction of sp³-hybridized carbons (Fsp3) is 0.765. The molecule has 1 aromatic heterocycles. The normalized spacial score (nSPS) is 39.1. The van der Waals surface area contributed by atoms with E-state index in [1.54, 1.807) is 7.11 Å². The van der Waals surface area contributed by atoms with Crippen molar-refractivity contribution >= 4 is 28.8 Å². The molecule has 0 aliphatic heterocycles. The third-order valence-electron chi connectivity index (χ3n) is 5.84. The van der Waals surface area contributed by atoms with Crippen LogP contribution in [0.25, 0.3) is 0 Å². The van der Waals surface area contributed by atoms with Crippen LogP contribution in [-0.4, -0.2) is 29.1 Å². The van der Waals surface area contributed by atoms with Gasteiger partial charge in [-0.05, 0) is 50.4 Å². The molecule has 5 rings (SSSR count). The van der Waals surface area contributed by atoms with Crippen molar-refractivity contribution in [1.29, 1.82) is 0 Å². The van der Waals surface area contributed by atoms with Gasteiger partial charge in [-0.25, -0.2) is 0 Å². The van der Waals surface area contributed by atoms with Crippen molar-refractivity contribution in [3.8, 4) is 0 Å². The minimum Gasteiger partial charge on any atom is -0.383 e. The number of amides is 1. The van der Waals surface area contributed by atoms with E-state index in [4.69, 9.17) is 16.3 Å². The molecule has 0 spiro atoms. The second-order valence-electron chi connectivity index (χ2n) is 7.68. The molecule has 1 amide bonds. The molecule has 4 fully saturated rings. The van der Waals surface area contributed by atoms with Crippen LogP contribution in [0.2, 0.25) is 0 Å². The van der Waals surface area contributed by atoms with E-state index in [1.165, 1.54) is 17.8 Å². The highest BCUT2D eigenvalue weighted by molar-refractivity contribution is 7.07. The van der Waals surface area contributed by atoms with Crippen LogP contribution < -0.4 is 4.80 Å². The van der Waals surface area contributed by atoms with Gasteiger partial charge in [0.25, 0.3) is 5.91 Å². The molecular weight excluding hydrogens is 332 g/mol. The SMILES string of the molecule is COCCn1ccsc1=NC(=O)C12CC3CC(CC(Cl)(C3)C1)C2. The number of carbonyl (C=O) groups is 1. The summed E-state index contributed by atoms with van der Waals surface area (Å²) in [7, 11) is 1.68. The quantitative estimate of drug-likeness (QED) is 0.779. The molecule has 2 atom stereocenters. The standard InChI is InChI=1S/C17H23ClN2O2S/c1-22-4-2-20-3-5-23-15(20)19-14(21)16-7-12-6-13(8-16)10-17(18,9-12)11-16/h3,5,12-13H,2,4,6-11H2,1H3. The minimum atomic E-state index is -0.297. The largest absolute Gasteiger partial charge is 0.383 e. The highest BCUT2D eigenvalue weighted by atomic mass is 35.5. The highest BCUT2D eigenvalue weighted by Gasteiger charge is 2.60. The maximum absolute atomic E-state index is 13.1. The van der Waals surface area contributed by atoms with Crippen LogP contribution in [0.5, 0.6) is 0 Å². The van der Waals surface area contributed by atoms with E-state index < -0.39 is 0 Å². The molecule has 4 saturated carbocycles. The number of ether oxygens (including phenoxy) is 1. The van der Waals surface area contributed by atoms with Crippen LogP contribution >= 0.6 is 22.9 Å². The Morgan fingerprint density at radius 2 is 2.17 bits per heavy atom. The van der Waals surface area contributed by atoms with E-state index in [0.29, 0.717) is 18.4 Å². The van der Waals surface area contributed by atoms with Gasteiger partial charge in [0.2, 0.25) is 0 Å². The Morgan fingerprint density at radius 1 is 1.43 bits per heavy atom. The predicted octanol–water partition coefficient (Wildman–Crippen LogP) is 3.20. The number of aromatic nitrogens is 1. The van der Waals surface area contributed by atoms with Crippen LogP contribution in [0.4, 0.5) is 0 Å². The molecule has 0 saturated heterocycles. The van der Waals surface area contributed by atoms with Crippen LogP contribution in [0.15, 0.2) is 16.6 Å². The molecule has 0 N–H and O–H groups in total. The third kappa shape index (κ3) is 2.81. The second kappa shape index (κ2) is 5.71. The van der Waals surface area contributed by atoms with Crippen LogP contribution in [-0.2, 0) is 16.1 Å². The first-order valence-corrected chi connectivity index (χ1v) is 9.69. The first-order chi connectivity index (χ1) is 11.0. The fourth-order valence-electron chi connectivity index (χ4n) is 5.35. The first kappa shape index (κ1) is 15.9. The lowest BCUT2D eigenvalue weighted by atomic mass is 9.49. The van der Waals surface area contributed by atoms with Crippen molar-refractivity contribution in [2.75, 3.05) is 13.7 Å². The number of carbonyl (C=O) groups excluding carboxylic acids is 1. The van der Waals surface area contributed by atoms with Crippen LogP contribution in [0, 0.1) is 17.3 Å². The van der Waals surface area contributed by atoms with Crippen molar-refractivity contribution in [2.45, 2.75) is 49.9 Å². The summed E-state index contributed by atoms with van der Waals surface area (Å²) < 4.78 is 7.13.